The summed E-state index contributed by atoms with van der Waals surface area (Å²) in [5.74, 6) is 0.789. The van der Waals surface area contributed by atoms with E-state index in [0.717, 1.165) is 11.4 Å². The molecule has 7 heteroatoms. The van der Waals surface area contributed by atoms with Gasteiger partial charge in [0.1, 0.15) is 11.8 Å². The maximum atomic E-state index is 12.3. The molecule has 0 radical (unpaired) electrons. The quantitative estimate of drug-likeness (QED) is 0.853. The molecular weight excluding hydrogens is 344 g/mol. The molecule has 3 amide bonds. The zero-order valence-corrected chi connectivity index (χ0v) is 14.9. The van der Waals surface area contributed by atoms with E-state index >= 15 is 0 Å². The standard InChI is InChI=1S/C20H20N4O3/c1-27-17-8-6-16(7-9-17)24-13-14(10-19(24)25)12-22-20(26)23-18-5-3-2-4-15(18)11-21/h2-9,14H,10,12-13H2,1H3,(H2,22,23,26). The maximum absolute atomic E-state index is 12.3. The van der Waals surface area contributed by atoms with Crippen molar-refractivity contribution in [2.24, 2.45) is 5.92 Å². The minimum Gasteiger partial charge on any atom is -0.497 e. The fraction of sp³-hybridized carbons (Fsp3) is 0.250. The third-order valence-electron chi connectivity index (χ3n) is 4.44. The summed E-state index contributed by atoms with van der Waals surface area (Å²) in [5.41, 5.74) is 1.67. The molecule has 1 aliphatic rings. The highest BCUT2D eigenvalue weighted by Gasteiger charge is 2.30. The predicted molar refractivity (Wildman–Crippen MR) is 102 cm³/mol. The van der Waals surface area contributed by atoms with Crippen LogP contribution in [0.5, 0.6) is 5.75 Å². The van der Waals surface area contributed by atoms with Gasteiger partial charge in [-0.2, -0.15) is 5.26 Å². The highest BCUT2D eigenvalue weighted by atomic mass is 16.5. The molecule has 0 aromatic heterocycles. The molecule has 2 aromatic carbocycles. The van der Waals surface area contributed by atoms with E-state index in [2.05, 4.69) is 10.6 Å². The second kappa shape index (κ2) is 8.23. The van der Waals surface area contributed by atoms with E-state index in [0.29, 0.717) is 30.8 Å². The Morgan fingerprint density at radius 2 is 2.00 bits per heavy atom. The largest absolute Gasteiger partial charge is 0.497 e. The average molecular weight is 364 g/mol. The Morgan fingerprint density at radius 1 is 1.26 bits per heavy atom. The van der Waals surface area contributed by atoms with E-state index < -0.39 is 6.03 Å². The third-order valence-corrected chi connectivity index (χ3v) is 4.44. The molecule has 1 atom stereocenters. The van der Waals surface area contributed by atoms with Gasteiger partial charge in [0.25, 0.3) is 0 Å². The van der Waals surface area contributed by atoms with E-state index in [9.17, 15) is 9.59 Å². The number of ether oxygens (including phenoxy) is 1. The SMILES string of the molecule is COc1ccc(N2CC(CNC(=O)Nc3ccccc3C#N)CC2=O)cc1. The van der Waals surface area contributed by atoms with E-state index in [1.54, 1.807) is 36.3 Å². The predicted octanol–water partition coefficient (Wildman–Crippen LogP) is 2.74. The molecule has 1 heterocycles. The molecule has 1 unspecified atom stereocenters. The Morgan fingerprint density at radius 3 is 2.70 bits per heavy atom. The van der Waals surface area contributed by atoms with Gasteiger partial charge in [0.05, 0.1) is 18.4 Å². The van der Waals surface area contributed by atoms with Crippen molar-refractivity contribution in [2.75, 3.05) is 30.4 Å². The number of carbonyl (C=O) groups excluding carboxylic acids is 2. The van der Waals surface area contributed by atoms with Gasteiger partial charge in [-0.05, 0) is 36.4 Å². The van der Waals surface area contributed by atoms with E-state index in [1.165, 1.54) is 0 Å². The van der Waals surface area contributed by atoms with Crippen molar-refractivity contribution >= 4 is 23.3 Å². The van der Waals surface area contributed by atoms with Gasteiger partial charge in [-0.15, -0.1) is 0 Å². The number of anilines is 2. The van der Waals surface area contributed by atoms with Gasteiger partial charge in [0, 0.05) is 31.1 Å². The fourth-order valence-corrected chi connectivity index (χ4v) is 3.02. The smallest absolute Gasteiger partial charge is 0.319 e. The summed E-state index contributed by atoms with van der Waals surface area (Å²) in [6, 6.07) is 15.7. The van der Waals surface area contributed by atoms with Gasteiger partial charge < -0.3 is 20.3 Å². The van der Waals surface area contributed by atoms with Gasteiger partial charge in [-0.1, -0.05) is 12.1 Å². The molecule has 2 N–H and O–H groups in total. The molecule has 2 aromatic rings. The van der Waals surface area contributed by atoms with Crippen LogP contribution in [-0.2, 0) is 4.79 Å². The first kappa shape index (κ1) is 18.3. The summed E-state index contributed by atoms with van der Waals surface area (Å²) in [6.45, 7) is 0.916. The van der Waals surface area contributed by atoms with Crippen LogP contribution in [0, 0.1) is 17.2 Å². The lowest BCUT2D eigenvalue weighted by molar-refractivity contribution is -0.117. The molecule has 27 heavy (non-hydrogen) atoms. The number of nitrogens with one attached hydrogen (secondary N) is 2. The molecular formula is C20H20N4O3. The van der Waals surface area contributed by atoms with Crippen molar-refractivity contribution in [3.05, 3.63) is 54.1 Å². The molecule has 1 fully saturated rings. The van der Waals surface area contributed by atoms with Crippen LogP contribution in [0.4, 0.5) is 16.2 Å². The number of amides is 3. The number of hydrogen-bond donors (Lipinski definition) is 2. The Labute approximate surface area is 157 Å². The van der Waals surface area contributed by atoms with E-state index in [1.807, 2.05) is 30.3 Å². The van der Waals surface area contributed by atoms with Crippen LogP contribution in [0.15, 0.2) is 48.5 Å². The Balaban J connectivity index is 1.54. The molecule has 3 rings (SSSR count). The van der Waals surface area contributed by atoms with Crippen LogP contribution in [0.1, 0.15) is 12.0 Å². The Kier molecular flexibility index (Phi) is 5.57. The number of urea groups is 1. The highest BCUT2D eigenvalue weighted by molar-refractivity contribution is 5.96. The maximum Gasteiger partial charge on any atom is 0.319 e. The van der Waals surface area contributed by atoms with Crippen LogP contribution in [-0.4, -0.2) is 32.1 Å². The van der Waals surface area contributed by atoms with Crippen LogP contribution in [0.25, 0.3) is 0 Å². The van der Waals surface area contributed by atoms with Crippen LogP contribution in [0.3, 0.4) is 0 Å². The molecule has 0 saturated carbocycles. The number of nitrogens with zero attached hydrogens (tertiary/aromatic N) is 2. The van der Waals surface area contributed by atoms with Gasteiger partial charge in [-0.3, -0.25) is 4.79 Å². The van der Waals surface area contributed by atoms with Crippen molar-refractivity contribution in [3.63, 3.8) is 0 Å². The van der Waals surface area contributed by atoms with Crippen LogP contribution in [0.2, 0.25) is 0 Å². The van der Waals surface area contributed by atoms with Crippen molar-refractivity contribution < 1.29 is 14.3 Å². The summed E-state index contributed by atoms with van der Waals surface area (Å²) in [4.78, 5) is 26.1. The zero-order chi connectivity index (χ0) is 19.2. The second-order valence-electron chi connectivity index (χ2n) is 6.26. The number of rotatable bonds is 5. The summed E-state index contributed by atoms with van der Waals surface area (Å²) in [6.07, 6.45) is 0.376. The second-order valence-corrected chi connectivity index (χ2v) is 6.26. The van der Waals surface area contributed by atoms with Gasteiger partial charge in [0.2, 0.25) is 5.91 Å². The lowest BCUT2D eigenvalue weighted by Gasteiger charge is -2.17. The highest BCUT2D eigenvalue weighted by Crippen LogP contribution is 2.26. The lowest BCUT2D eigenvalue weighted by atomic mass is 10.1. The lowest BCUT2D eigenvalue weighted by Crippen LogP contribution is -2.34. The molecule has 1 aliphatic heterocycles. The zero-order valence-electron chi connectivity index (χ0n) is 14.9. The van der Waals surface area contributed by atoms with E-state index in [4.69, 9.17) is 10.00 Å². The van der Waals surface area contributed by atoms with Gasteiger partial charge in [0.15, 0.2) is 0 Å². The fourth-order valence-electron chi connectivity index (χ4n) is 3.02. The van der Waals surface area contributed by atoms with Gasteiger partial charge in [-0.25, -0.2) is 4.79 Å². The first-order valence-electron chi connectivity index (χ1n) is 8.59. The summed E-state index contributed by atoms with van der Waals surface area (Å²) < 4.78 is 5.13. The van der Waals surface area contributed by atoms with E-state index in [-0.39, 0.29) is 11.8 Å². The molecule has 0 bridgehead atoms. The number of carbonyl (C=O) groups is 2. The average Bonchev–Trinajstić information content (AvgIpc) is 3.07. The number of nitriles is 1. The van der Waals surface area contributed by atoms with Crippen LogP contribution < -0.4 is 20.3 Å². The first-order chi connectivity index (χ1) is 13.1. The first-order valence-corrected chi connectivity index (χ1v) is 8.59. The Hall–Kier alpha value is -3.53. The molecule has 1 saturated heterocycles. The number of hydrogen-bond acceptors (Lipinski definition) is 4. The van der Waals surface area contributed by atoms with Crippen molar-refractivity contribution in [1.29, 1.82) is 5.26 Å². The summed E-state index contributed by atoms with van der Waals surface area (Å²) in [5, 5.41) is 14.5. The summed E-state index contributed by atoms with van der Waals surface area (Å²) >= 11 is 0. The minimum atomic E-state index is -0.395. The van der Waals surface area contributed by atoms with Crippen molar-refractivity contribution in [3.8, 4) is 11.8 Å². The van der Waals surface area contributed by atoms with Crippen molar-refractivity contribution in [1.82, 2.24) is 5.32 Å². The minimum absolute atomic E-state index is 0.0246. The summed E-state index contributed by atoms with van der Waals surface area (Å²) in [7, 11) is 1.60. The van der Waals surface area contributed by atoms with Gasteiger partial charge >= 0.3 is 6.03 Å². The van der Waals surface area contributed by atoms with Crippen molar-refractivity contribution in [2.45, 2.75) is 6.42 Å². The molecule has 7 nitrogen and oxygen atoms in total. The Bertz CT molecular complexity index is 874. The third kappa shape index (κ3) is 4.36. The normalized spacial score (nSPS) is 15.9. The molecule has 0 spiro atoms. The topological polar surface area (TPSA) is 94.5 Å². The van der Waals surface area contributed by atoms with Crippen LogP contribution >= 0.6 is 0 Å². The number of methoxy groups -OCH3 is 1. The molecule has 0 aliphatic carbocycles. The molecule has 138 valence electrons. The number of para-hydroxylation sites is 1. The number of benzene rings is 2. The monoisotopic (exact) mass is 364 g/mol.